The zero-order chi connectivity index (χ0) is 26.7. The second kappa shape index (κ2) is 12.0. The molecule has 10 atom stereocenters. The number of aliphatic hydroxyl groups excluding tert-OH is 4. The van der Waals surface area contributed by atoms with Gasteiger partial charge in [-0.05, 0) is 6.42 Å². The third-order valence-corrected chi connectivity index (χ3v) is 5.98. The van der Waals surface area contributed by atoms with E-state index in [0.717, 1.165) is 0 Å². The largest absolute Gasteiger partial charge is 0.479 e. The van der Waals surface area contributed by atoms with E-state index < -0.39 is 94.6 Å². The predicted octanol–water partition coefficient (Wildman–Crippen LogP) is -4.64. The molecule has 18 nitrogen and oxygen atoms in total. The van der Waals surface area contributed by atoms with Gasteiger partial charge in [-0.1, -0.05) is 6.92 Å². The molecule has 0 aliphatic carbocycles. The molecule has 35 heavy (non-hydrogen) atoms. The summed E-state index contributed by atoms with van der Waals surface area (Å²) in [6.45, 7) is 0.581. The van der Waals surface area contributed by atoms with Crippen LogP contribution in [0.25, 0.3) is 0 Å². The number of aliphatic hydroxyl groups is 4. The van der Waals surface area contributed by atoms with Gasteiger partial charge < -0.3 is 44.5 Å². The topological polar surface area (TPSA) is 285 Å². The molecule has 8 N–H and O–H groups in total. The lowest BCUT2D eigenvalue weighted by Gasteiger charge is -2.46. The minimum Gasteiger partial charge on any atom is -0.479 e. The van der Waals surface area contributed by atoms with Crippen molar-refractivity contribution in [1.82, 2.24) is 4.72 Å². The average Bonchev–Trinajstić information content (AvgIpc) is 2.73. The first kappa shape index (κ1) is 30.1. The van der Waals surface area contributed by atoms with Crippen LogP contribution in [0, 0.1) is 0 Å². The Morgan fingerprint density at radius 3 is 2.09 bits per heavy atom. The maximum Gasteiger partial charge on any atom is 0.397 e. The van der Waals surface area contributed by atoms with Crippen molar-refractivity contribution >= 4 is 26.7 Å². The van der Waals surface area contributed by atoms with Gasteiger partial charge in [-0.25, -0.2) is 8.98 Å². The fourth-order valence-corrected chi connectivity index (χ4v) is 4.52. The molecule has 0 amide bonds. The molecule has 0 saturated carbocycles. The lowest BCUT2D eigenvalue weighted by molar-refractivity contribution is -0.337. The van der Waals surface area contributed by atoms with Crippen LogP contribution in [0.2, 0.25) is 0 Å². The zero-order valence-corrected chi connectivity index (χ0v) is 19.6. The van der Waals surface area contributed by atoms with E-state index in [1.807, 2.05) is 0 Å². The molecule has 2 aliphatic heterocycles. The molecule has 0 bridgehead atoms. The molecule has 0 aromatic carbocycles. The number of carbonyl (C=O) groups is 1. The Bertz CT molecular complexity index is 928. The highest BCUT2D eigenvalue weighted by atomic mass is 32.3. The van der Waals surface area contributed by atoms with Gasteiger partial charge in [0.05, 0.1) is 6.61 Å². The summed E-state index contributed by atoms with van der Waals surface area (Å²) in [5.41, 5.74) is 0. The number of rotatable bonds is 11. The van der Waals surface area contributed by atoms with Crippen molar-refractivity contribution in [2.75, 3.05) is 13.2 Å². The maximum absolute atomic E-state index is 11.8. The zero-order valence-electron chi connectivity index (χ0n) is 17.9. The first-order valence-corrected chi connectivity index (χ1v) is 12.8. The normalized spacial score (nSPS) is 38.8. The van der Waals surface area contributed by atoms with Gasteiger partial charge in [0.15, 0.2) is 24.8 Å². The minimum absolute atomic E-state index is 0.116. The van der Waals surface area contributed by atoms with E-state index in [-0.39, 0.29) is 6.61 Å². The monoisotopic (exact) mass is 557 g/mol. The third kappa shape index (κ3) is 7.93. The molecule has 0 spiro atoms. The minimum atomic E-state index is -5.26. The SMILES string of the molecule is CCCO[C@@H]1O[C@H](C(=O)O)[C@@H](O[C@@H]2O[C@@H](CO)[C@H](O)[C@@H](O)[C@@H]2NS(=O)(=O)O)[C@H](O)[C@H]1OS(=O)(=O)O. The molecule has 0 radical (unpaired) electrons. The average molecular weight is 558 g/mol. The second-order valence-electron chi connectivity index (χ2n) is 7.54. The summed E-state index contributed by atoms with van der Waals surface area (Å²) < 4.78 is 90.0. The number of hydrogen-bond acceptors (Lipinski definition) is 14. The fraction of sp³-hybridized carbons (Fsp3) is 0.933. The van der Waals surface area contributed by atoms with E-state index >= 15 is 0 Å². The van der Waals surface area contributed by atoms with Crippen molar-refractivity contribution in [2.24, 2.45) is 0 Å². The quantitative estimate of drug-likeness (QED) is 0.111. The van der Waals surface area contributed by atoms with Crippen molar-refractivity contribution in [3.05, 3.63) is 0 Å². The summed E-state index contributed by atoms with van der Waals surface area (Å²) in [7, 11) is -10.3. The molecule has 2 heterocycles. The molecule has 0 aromatic heterocycles. The van der Waals surface area contributed by atoms with Gasteiger partial charge in [0.1, 0.15) is 36.6 Å². The van der Waals surface area contributed by atoms with Crippen LogP contribution in [0.3, 0.4) is 0 Å². The molecular formula is C15H27NO17S2. The van der Waals surface area contributed by atoms with E-state index in [0.29, 0.717) is 6.42 Å². The molecule has 0 aromatic rings. The predicted molar refractivity (Wildman–Crippen MR) is 106 cm³/mol. The van der Waals surface area contributed by atoms with E-state index in [9.17, 15) is 47.2 Å². The smallest absolute Gasteiger partial charge is 0.397 e. The third-order valence-electron chi connectivity index (χ3n) is 4.94. The Morgan fingerprint density at radius 2 is 1.60 bits per heavy atom. The van der Waals surface area contributed by atoms with Gasteiger partial charge in [0, 0.05) is 6.61 Å². The van der Waals surface area contributed by atoms with E-state index in [2.05, 4.69) is 4.18 Å². The standard InChI is InChI=1S/C15H27NO17S2/c1-2-3-29-15-11(33-35(26,27)28)9(20)10(12(32-15)13(21)22)31-14-6(16-34(23,24)25)8(19)7(18)5(4-17)30-14/h5-12,14-20H,2-4H2,1H3,(H,21,22)(H,23,24,25)(H,26,27,28)/t5-,6-,7-,8-,9-,10-,11+,12-,14-,15+/m0/s1. The summed E-state index contributed by atoms with van der Waals surface area (Å²) in [5.74, 6) is -1.78. The Morgan fingerprint density at radius 1 is 0.971 bits per heavy atom. The van der Waals surface area contributed by atoms with Crippen molar-refractivity contribution in [3.63, 3.8) is 0 Å². The highest BCUT2D eigenvalue weighted by molar-refractivity contribution is 7.83. The summed E-state index contributed by atoms with van der Waals surface area (Å²) in [6.07, 6.45) is -17.9. The Balaban J connectivity index is 2.43. The van der Waals surface area contributed by atoms with Gasteiger partial charge in [0.2, 0.25) is 0 Å². The molecular weight excluding hydrogens is 530 g/mol. The first-order valence-electron chi connectivity index (χ1n) is 9.95. The summed E-state index contributed by atoms with van der Waals surface area (Å²) >= 11 is 0. The van der Waals surface area contributed by atoms with Crippen molar-refractivity contribution in [3.8, 4) is 0 Å². The summed E-state index contributed by atoms with van der Waals surface area (Å²) in [4.78, 5) is 11.8. The van der Waals surface area contributed by atoms with Gasteiger partial charge >= 0.3 is 26.7 Å². The number of aliphatic carboxylic acids is 1. The van der Waals surface area contributed by atoms with Crippen LogP contribution >= 0.6 is 0 Å². The van der Waals surface area contributed by atoms with Crippen LogP contribution in [-0.2, 0) is 48.6 Å². The molecule has 2 rings (SSSR count). The summed E-state index contributed by atoms with van der Waals surface area (Å²) in [6, 6.07) is -2.03. The van der Waals surface area contributed by atoms with Crippen LogP contribution in [0.5, 0.6) is 0 Å². The highest BCUT2D eigenvalue weighted by Gasteiger charge is 2.55. The lowest BCUT2D eigenvalue weighted by atomic mass is 9.96. The lowest BCUT2D eigenvalue weighted by Crippen LogP contribution is -2.68. The van der Waals surface area contributed by atoms with Crippen LogP contribution in [0.4, 0.5) is 0 Å². The molecule has 2 saturated heterocycles. The maximum atomic E-state index is 11.8. The Labute approximate surface area is 199 Å². The summed E-state index contributed by atoms with van der Waals surface area (Å²) in [5, 5.41) is 49.9. The van der Waals surface area contributed by atoms with Crippen LogP contribution in [-0.4, -0.2) is 132 Å². The van der Waals surface area contributed by atoms with Gasteiger partial charge in [-0.3, -0.25) is 9.11 Å². The van der Waals surface area contributed by atoms with Gasteiger partial charge in [0.25, 0.3) is 0 Å². The number of hydrogen-bond donors (Lipinski definition) is 8. The fourth-order valence-electron chi connectivity index (χ4n) is 3.44. The Hall–Kier alpha value is -1.11. The van der Waals surface area contributed by atoms with Gasteiger partial charge in [-0.2, -0.15) is 21.6 Å². The van der Waals surface area contributed by atoms with Crippen molar-refractivity contribution in [2.45, 2.75) is 74.7 Å². The molecule has 2 fully saturated rings. The highest BCUT2D eigenvalue weighted by Crippen LogP contribution is 2.31. The number of carboxylic acid groups (broad SMARTS) is 1. The van der Waals surface area contributed by atoms with Crippen molar-refractivity contribution < 1.29 is 79.4 Å². The van der Waals surface area contributed by atoms with E-state index in [1.54, 1.807) is 6.92 Å². The van der Waals surface area contributed by atoms with Crippen LogP contribution in [0.15, 0.2) is 0 Å². The Kier molecular flexibility index (Phi) is 10.3. The number of nitrogens with one attached hydrogen (secondary N) is 1. The first-order chi connectivity index (χ1) is 16.1. The number of carboxylic acids is 1. The van der Waals surface area contributed by atoms with E-state index in [4.69, 9.17) is 28.1 Å². The molecule has 20 heteroatoms. The second-order valence-corrected chi connectivity index (χ2v) is 9.77. The molecule has 206 valence electrons. The van der Waals surface area contributed by atoms with Crippen LogP contribution < -0.4 is 4.72 Å². The number of ether oxygens (including phenoxy) is 4. The van der Waals surface area contributed by atoms with Crippen LogP contribution in [0.1, 0.15) is 13.3 Å². The van der Waals surface area contributed by atoms with Crippen molar-refractivity contribution in [1.29, 1.82) is 0 Å². The molecule has 2 aliphatic rings. The molecule has 0 unspecified atom stereocenters. The van der Waals surface area contributed by atoms with E-state index in [1.165, 1.54) is 4.72 Å². The van der Waals surface area contributed by atoms with Gasteiger partial charge in [-0.15, -0.1) is 0 Å².